The van der Waals surface area contributed by atoms with E-state index in [2.05, 4.69) is 0 Å². The Labute approximate surface area is 148 Å². The standard InChI is InChI=1S/C20H24O5/c1-22-17-13-16(20(24-3)18(14-17)23-2)9-10-19(21)25-12-11-15-7-5-4-6-8-15/h4-8,13-14H,9-12H2,1-3H3. The molecule has 0 amide bonds. The van der Waals surface area contributed by atoms with Crippen molar-refractivity contribution in [3.8, 4) is 17.2 Å². The number of hydrogen-bond acceptors (Lipinski definition) is 5. The Morgan fingerprint density at radius 1 is 0.920 bits per heavy atom. The quantitative estimate of drug-likeness (QED) is 0.652. The van der Waals surface area contributed by atoms with Crippen LogP contribution in [0.3, 0.4) is 0 Å². The highest BCUT2D eigenvalue weighted by atomic mass is 16.5. The summed E-state index contributed by atoms with van der Waals surface area (Å²) in [5.41, 5.74) is 1.99. The van der Waals surface area contributed by atoms with Crippen molar-refractivity contribution in [2.24, 2.45) is 0 Å². The van der Waals surface area contributed by atoms with Crippen LogP contribution in [0.5, 0.6) is 17.2 Å². The lowest BCUT2D eigenvalue weighted by Crippen LogP contribution is -2.09. The molecule has 25 heavy (non-hydrogen) atoms. The molecule has 134 valence electrons. The average molecular weight is 344 g/mol. The Kier molecular flexibility index (Phi) is 7.14. The van der Waals surface area contributed by atoms with Crippen molar-refractivity contribution in [3.63, 3.8) is 0 Å². The second-order valence-electron chi connectivity index (χ2n) is 5.48. The van der Waals surface area contributed by atoms with Gasteiger partial charge in [-0.2, -0.15) is 0 Å². The van der Waals surface area contributed by atoms with Crippen molar-refractivity contribution in [2.45, 2.75) is 19.3 Å². The molecular formula is C20H24O5. The number of rotatable bonds is 9. The number of methoxy groups -OCH3 is 3. The zero-order valence-electron chi connectivity index (χ0n) is 14.9. The molecule has 0 fully saturated rings. The van der Waals surface area contributed by atoms with Gasteiger partial charge in [-0.25, -0.2) is 0 Å². The summed E-state index contributed by atoms with van der Waals surface area (Å²) >= 11 is 0. The molecule has 0 saturated heterocycles. The summed E-state index contributed by atoms with van der Waals surface area (Å²) in [4.78, 5) is 12.0. The van der Waals surface area contributed by atoms with Crippen LogP contribution in [0, 0.1) is 0 Å². The maximum absolute atomic E-state index is 12.0. The first-order valence-corrected chi connectivity index (χ1v) is 8.16. The number of carbonyl (C=O) groups is 1. The van der Waals surface area contributed by atoms with E-state index < -0.39 is 0 Å². The van der Waals surface area contributed by atoms with E-state index in [1.807, 2.05) is 36.4 Å². The summed E-state index contributed by atoms with van der Waals surface area (Å²) < 4.78 is 21.3. The first kappa shape index (κ1) is 18.6. The normalized spacial score (nSPS) is 10.2. The minimum Gasteiger partial charge on any atom is -0.497 e. The zero-order valence-corrected chi connectivity index (χ0v) is 14.9. The van der Waals surface area contributed by atoms with Crippen LogP contribution in [-0.4, -0.2) is 33.9 Å². The van der Waals surface area contributed by atoms with Crippen molar-refractivity contribution in [2.75, 3.05) is 27.9 Å². The first-order valence-electron chi connectivity index (χ1n) is 8.16. The molecule has 0 N–H and O–H groups in total. The molecule has 2 aromatic rings. The Balaban J connectivity index is 1.90. The lowest BCUT2D eigenvalue weighted by atomic mass is 10.1. The Hall–Kier alpha value is -2.69. The molecule has 0 aromatic heterocycles. The summed E-state index contributed by atoms with van der Waals surface area (Å²) in [6.45, 7) is 0.376. The maximum Gasteiger partial charge on any atom is 0.306 e. The second kappa shape index (κ2) is 9.57. The van der Waals surface area contributed by atoms with Gasteiger partial charge in [0, 0.05) is 24.5 Å². The molecule has 0 aliphatic heterocycles. The van der Waals surface area contributed by atoms with Crippen LogP contribution in [0.15, 0.2) is 42.5 Å². The van der Waals surface area contributed by atoms with Crippen molar-refractivity contribution in [1.82, 2.24) is 0 Å². The molecule has 2 rings (SSSR count). The van der Waals surface area contributed by atoms with Gasteiger partial charge in [-0.15, -0.1) is 0 Å². The molecule has 0 radical (unpaired) electrons. The number of ether oxygens (including phenoxy) is 4. The van der Waals surface area contributed by atoms with Crippen molar-refractivity contribution < 1.29 is 23.7 Å². The van der Waals surface area contributed by atoms with E-state index in [0.29, 0.717) is 36.7 Å². The highest BCUT2D eigenvalue weighted by Gasteiger charge is 2.14. The van der Waals surface area contributed by atoms with Crippen molar-refractivity contribution >= 4 is 5.97 Å². The number of carbonyl (C=O) groups excluding carboxylic acids is 1. The third-order valence-corrected chi connectivity index (χ3v) is 3.86. The topological polar surface area (TPSA) is 54.0 Å². The number of aryl methyl sites for hydroxylation is 1. The first-order chi connectivity index (χ1) is 12.2. The molecule has 0 unspecified atom stereocenters. The predicted molar refractivity (Wildman–Crippen MR) is 95.5 cm³/mol. The van der Waals surface area contributed by atoms with Gasteiger partial charge < -0.3 is 18.9 Å². The van der Waals surface area contributed by atoms with Crippen LogP contribution in [0.1, 0.15) is 17.5 Å². The third kappa shape index (κ3) is 5.41. The summed E-state index contributed by atoms with van der Waals surface area (Å²) in [5, 5.41) is 0. The zero-order chi connectivity index (χ0) is 18.1. The molecule has 0 heterocycles. The van der Waals surface area contributed by atoms with E-state index in [1.165, 1.54) is 0 Å². The van der Waals surface area contributed by atoms with Crippen LogP contribution in [0.2, 0.25) is 0 Å². The van der Waals surface area contributed by atoms with Crippen LogP contribution in [0.25, 0.3) is 0 Å². The fraction of sp³-hybridized carbons (Fsp3) is 0.350. The summed E-state index contributed by atoms with van der Waals surface area (Å²) in [5.74, 6) is 1.61. The number of esters is 1. The van der Waals surface area contributed by atoms with E-state index in [9.17, 15) is 4.79 Å². The fourth-order valence-corrected chi connectivity index (χ4v) is 2.56. The lowest BCUT2D eigenvalue weighted by Gasteiger charge is -2.14. The van der Waals surface area contributed by atoms with Gasteiger partial charge in [-0.1, -0.05) is 30.3 Å². The van der Waals surface area contributed by atoms with Gasteiger partial charge in [-0.3, -0.25) is 4.79 Å². The fourth-order valence-electron chi connectivity index (χ4n) is 2.56. The molecule has 0 aliphatic carbocycles. The summed E-state index contributed by atoms with van der Waals surface area (Å²) in [7, 11) is 4.73. The molecule has 0 aliphatic rings. The molecule has 5 nitrogen and oxygen atoms in total. The van der Waals surface area contributed by atoms with Crippen molar-refractivity contribution in [3.05, 3.63) is 53.6 Å². The molecule has 0 atom stereocenters. The minimum atomic E-state index is -0.236. The second-order valence-corrected chi connectivity index (χ2v) is 5.48. The molecule has 5 heteroatoms. The van der Waals surface area contributed by atoms with Crippen LogP contribution < -0.4 is 14.2 Å². The molecule has 0 bridgehead atoms. The van der Waals surface area contributed by atoms with E-state index in [-0.39, 0.29) is 12.4 Å². The van der Waals surface area contributed by atoms with Gasteiger partial charge >= 0.3 is 5.97 Å². The SMILES string of the molecule is COc1cc(CCC(=O)OCCc2ccccc2)c(OC)c(OC)c1. The number of hydrogen-bond donors (Lipinski definition) is 0. The highest BCUT2D eigenvalue weighted by molar-refractivity contribution is 5.70. The smallest absolute Gasteiger partial charge is 0.306 e. The van der Waals surface area contributed by atoms with Crippen LogP contribution in [0.4, 0.5) is 0 Å². The Bertz CT molecular complexity index is 682. The van der Waals surface area contributed by atoms with E-state index in [4.69, 9.17) is 18.9 Å². The van der Waals surface area contributed by atoms with E-state index >= 15 is 0 Å². The van der Waals surface area contributed by atoms with Crippen LogP contribution in [-0.2, 0) is 22.4 Å². The van der Waals surface area contributed by atoms with Gasteiger partial charge in [-0.05, 0) is 18.1 Å². The van der Waals surface area contributed by atoms with Gasteiger partial charge in [0.1, 0.15) is 5.75 Å². The number of benzene rings is 2. The summed E-state index contributed by atoms with van der Waals surface area (Å²) in [6, 6.07) is 13.5. The largest absolute Gasteiger partial charge is 0.497 e. The van der Waals surface area contributed by atoms with Gasteiger partial charge in [0.2, 0.25) is 0 Å². The molecular weight excluding hydrogens is 320 g/mol. The maximum atomic E-state index is 12.0. The molecule has 0 saturated carbocycles. The highest BCUT2D eigenvalue weighted by Crippen LogP contribution is 2.36. The predicted octanol–water partition coefficient (Wildman–Crippen LogP) is 3.43. The van der Waals surface area contributed by atoms with Gasteiger partial charge in [0.05, 0.1) is 27.9 Å². The Morgan fingerprint density at radius 2 is 1.68 bits per heavy atom. The monoisotopic (exact) mass is 344 g/mol. The lowest BCUT2D eigenvalue weighted by molar-refractivity contribution is -0.143. The molecule has 0 spiro atoms. The summed E-state index contributed by atoms with van der Waals surface area (Å²) in [6.07, 6.45) is 1.46. The average Bonchev–Trinajstić information content (AvgIpc) is 2.66. The van der Waals surface area contributed by atoms with Gasteiger partial charge in [0.25, 0.3) is 0 Å². The Morgan fingerprint density at radius 3 is 2.32 bits per heavy atom. The van der Waals surface area contributed by atoms with E-state index in [1.54, 1.807) is 27.4 Å². The van der Waals surface area contributed by atoms with Gasteiger partial charge in [0.15, 0.2) is 11.5 Å². The molecule has 2 aromatic carbocycles. The van der Waals surface area contributed by atoms with E-state index in [0.717, 1.165) is 11.1 Å². The minimum absolute atomic E-state index is 0.236. The van der Waals surface area contributed by atoms with Crippen molar-refractivity contribution in [1.29, 1.82) is 0 Å². The van der Waals surface area contributed by atoms with Crippen LogP contribution >= 0.6 is 0 Å². The third-order valence-electron chi connectivity index (χ3n) is 3.86.